The van der Waals surface area contributed by atoms with E-state index in [4.69, 9.17) is 0 Å². The molecule has 0 bridgehead atoms. The zero-order chi connectivity index (χ0) is 9.14. The normalized spacial score (nSPS) is 10.8. The Kier molecular flexibility index (Phi) is 3.20. The van der Waals surface area contributed by atoms with E-state index >= 15 is 0 Å². The summed E-state index contributed by atoms with van der Waals surface area (Å²) in [5.74, 6) is 0.108. The van der Waals surface area contributed by atoms with Gasteiger partial charge in [0.15, 0.2) is 0 Å². The van der Waals surface area contributed by atoms with E-state index in [1.165, 1.54) is 6.20 Å². The molecule has 0 spiro atoms. The summed E-state index contributed by atoms with van der Waals surface area (Å²) in [6.07, 6.45) is 2.37. The molecule has 12 heavy (non-hydrogen) atoms. The van der Waals surface area contributed by atoms with Crippen molar-refractivity contribution in [3.05, 3.63) is 28.2 Å². The molecular weight excluding hydrogens is 221 g/mol. The standard InChI is InChI=1S/C9H11BrFN/c1-6(2)5-7-3-4-12-9(11)8(7)10/h3-4,6H,5H2,1-2H3. The van der Waals surface area contributed by atoms with Gasteiger partial charge in [-0.25, -0.2) is 4.98 Å². The van der Waals surface area contributed by atoms with Crippen LogP contribution in [0.1, 0.15) is 19.4 Å². The topological polar surface area (TPSA) is 12.9 Å². The van der Waals surface area contributed by atoms with Crippen molar-refractivity contribution in [2.45, 2.75) is 20.3 Å². The van der Waals surface area contributed by atoms with E-state index in [2.05, 4.69) is 34.8 Å². The van der Waals surface area contributed by atoms with Crippen LogP contribution in [0.4, 0.5) is 4.39 Å². The minimum atomic E-state index is -0.423. The Morgan fingerprint density at radius 3 is 2.83 bits per heavy atom. The zero-order valence-corrected chi connectivity index (χ0v) is 8.73. The quantitative estimate of drug-likeness (QED) is 0.713. The first-order chi connectivity index (χ1) is 5.61. The molecule has 1 nitrogen and oxygen atoms in total. The number of hydrogen-bond acceptors (Lipinski definition) is 1. The first-order valence-electron chi connectivity index (χ1n) is 3.90. The van der Waals surface area contributed by atoms with E-state index in [-0.39, 0.29) is 0 Å². The van der Waals surface area contributed by atoms with Gasteiger partial charge in [0.05, 0.1) is 4.47 Å². The number of pyridine rings is 1. The second kappa shape index (κ2) is 3.99. The highest BCUT2D eigenvalue weighted by molar-refractivity contribution is 9.10. The van der Waals surface area contributed by atoms with Crippen molar-refractivity contribution in [3.8, 4) is 0 Å². The predicted molar refractivity (Wildman–Crippen MR) is 50.4 cm³/mol. The minimum absolute atomic E-state index is 0.423. The third-order valence-corrected chi connectivity index (χ3v) is 2.39. The van der Waals surface area contributed by atoms with Gasteiger partial charge in [-0.2, -0.15) is 4.39 Å². The Morgan fingerprint density at radius 2 is 2.25 bits per heavy atom. The molecule has 0 saturated carbocycles. The van der Waals surface area contributed by atoms with Crippen LogP contribution in [0, 0.1) is 11.9 Å². The van der Waals surface area contributed by atoms with Crippen LogP contribution in [-0.4, -0.2) is 4.98 Å². The molecule has 0 atom stereocenters. The van der Waals surface area contributed by atoms with Gasteiger partial charge in [0.2, 0.25) is 5.95 Å². The molecule has 1 aromatic rings. The molecule has 0 aliphatic rings. The van der Waals surface area contributed by atoms with Gasteiger partial charge in [0.25, 0.3) is 0 Å². The SMILES string of the molecule is CC(C)Cc1ccnc(F)c1Br. The summed E-state index contributed by atoms with van der Waals surface area (Å²) in [6.45, 7) is 4.20. The number of halogens is 2. The molecule has 0 N–H and O–H groups in total. The lowest BCUT2D eigenvalue weighted by Crippen LogP contribution is -1.97. The highest BCUT2D eigenvalue weighted by Gasteiger charge is 2.07. The Bertz CT molecular complexity index is 273. The monoisotopic (exact) mass is 231 g/mol. The number of hydrogen-bond donors (Lipinski definition) is 0. The van der Waals surface area contributed by atoms with Crippen molar-refractivity contribution >= 4 is 15.9 Å². The van der Waals surface area contributed by atoms with E-state index < -0.39 is 5.95 Å². The average Bonchev–Trinajstić information content (AvgIpc) is 1.98. The van der Waals surface area contributed by atoms with Gasteiger partial charge in [-0.05, 0) is 39.9 Å². The Labute approximate surface area is 80.1 Å². The maximum atomic E-state index is 12.9. The smallest absolute Gasteiger partial charge is 0.227 e. The molecule has 3 heteroatoms. The molecule has 0 fully saturated rings. The minimum Gasteiger partial charge on any atom is -0.227 e. The van der Waals surface area contributed by atoms with E-state index in [0.717, 1.165) is 12.0 Å². The van der Waals surface area contributed by atoms with Crippen LogP contribution in [0.15, 0.2) is 16.7 Å². The van der Waals surface area contributed by atoms with Crippen LogP contribution in [0.2, 0.25) is 0 Å². The van der Waals surface area contributed by atoms with Crippen molar-refractivity contribution < 1.29 is 4.39 Å². The molecule has 0 saturated heterocycles. The second-order valence-electron chi connectivity index (χ2n) is 3.17. The number of rotatable bonds is 2. The summed E-state index contributed by atoms with van der Waals surface area (Å²) in [4.78, 5) is 3.53. The van der Waals surface area contributed by atoms with E-state index in [1.807, 2.05) is 6.07 Å². The molecule has 1 rings (SSSR count). The Hall–Kier alpha value is -0.440. The predicted octanol–water partition coefficient (Wildman–Crippen LogP) is 3.18. The van der Waals surface area contributed by atoms with E-state index in [0.29, 0.717) is 10.4 Å². The van der Waals surface area contributed by atoms with Crippen LogP contribution in [0.25, 0.3) is 0 Å². The largest absolute Gasteiger partial charge is 0.227 e. The van der Waals surface area contributed by atoms with Crippen LogP contribution in [-0.2, 0) is 6.42 Å². The van der Waals surface area contributed by atoms with Crippen molar-refractivity contribution in [2.75, 3.05) is 0 Å². The molecule has 0 aliphatic carbocycles. The lowest BCUT2D eigenvalue weighted by Gasteiger charge is -2.06. The fraction of sp³-hybridized carbons (Fsp3) is 0.444. The molecule has 0 aliphatic heterocycles. The van der Waals surface area contributed by atoms with Crippen LogP contribution < -0.4 is 0 Å². The fourth-order valence-electron chi connectivity index (χ4n) is 1.05. The molecule has 0 amide bonds. The van der Waals surface area contributed by atoms with Gasteiger partial charge in [-0.15, -0.1) is 0 Å². The Balaban J connectivity index is 2.92. The van der Waals surface area contributed by atoms with Gasteiger partial charge < -0.3 is 0 Å². The molecule has 1 aromatic heterocycles. The van der Waals surface area contributed by atoms with Gasteiger partial charge in [-0.3, -0.25) is 0 Å². The molecular formula is C9H11BrFN. The van der Waals surface area contributed by atoms with E-state index in [9.17, 15) is 4.39 Å². The summed E-state index contributed by atoms with van der Waals surface area (Å²) in [5.41, 5.74) is 0.984. The van der Waals surface area contributed by atoms with Crippen molar-refractivity contribution in [3.63, 3.8) is 0 Å². The van der Waals surface area contributed by atoms with Gasteiger partial charge >= 0.3 is 0 Å². The lowest BCUT2D eigenvalue weighted by molar-refractivity contribution is 0.567. The summed E-state index contributed by atoms with van der Waals surface area (Å²) in [5, 5.41) is 0. The van der Waals surface area contributed by atoms with Crippen molar-refractivity contribution in [1.29, 1.82) is 0 Å². The van der Waals surface area contributed by atoms with Crippen LogP contribution in [0.5, 0.6) is 0 Å². The first kappa shape index (κ1) is 9.65. The summed E-state index contributed by atoms with van der Waals surface area (Å²) in [6, 6.07) is 1.84. The third kappa shape index (κ3) is 2.27. The van der Waals surface area contributed by atoms with Gasteiger partial charge in [-0.1, -0.05) is 13.8 Å². The third-order valence-electron chi connectivity index (χ3n) is 1.55. The average molecular weight is 232 g/mol. The molecule has 0 aromatic carbocycles. The van der Waals surface area contributed by atoms with Crippen molar-refractivity contribution in [2.24, 2.45) is 5.92 Å². The summed E-state index contributed by atoms with van der Waals surface area (Å²) in [7, 11) is 0. The first-order valence-corrected chi connectivity index (χ1v) is 4.69. The molecule has 0 unspecified atom stereocenters. The molecule has 66 valence electrons. The fourth-order valence-corrected chi connectivity index (χ4v) is 1.45. The highest BCUT2D eigenvalue weighted by atomic mass is 79.9. The van der Waals surface area contributed by atoms with Crippen molar-refractivity contribution in [1.82, 2.24) is 4.98 Å². The molecule has 1 heterocycles. The maximum absolute atomic E-state index is 12.9. The number of aromatic nitrogens is 1. The van der Waals surface area contributed by atoms with Crippen LogP contribution >= 0.6 is 15.9 Å². The second-order valence-corrected chi connectivity index (χ2v) is 3.97. The highest BCUT2D eigenvalue weighted by Crippen LogP contribution is 2.21. The number of nitrogens with zero attached hydrogens (tertiary/aromatic N) is 1. The van der Waals surface area contributed by atoms with Gasteiger partial charge in [0.1, 0.15) is 0 Å². The maximum Gasteiger partial charge on any atom is 0.227 e. The molecule has 0 radical (unpaired) electrons. The summed E-state index contributed by atoms with van der Waals surface area (Å²) < 4.78 is 13.4. The van der Waals surface area contributed by atoms with Gasteiger partial charge in [0, 0.05) is 6.20 Å². The van der Waals surface area contributed by atoms with E-state index in [1.54, 1.807) is 0 Å². The van der Waals surface area contributed by atoms with Crippen LogP contribution in [0.3, 0.4) is 0 Å². The lowest BCUT2D eigenvalue weighted by atomic mass is 10.0. The summed E-state index contributed by atoms with van der Waals surface area (Å²) >= 11 is 3.17. The Morgan fingerprint density at radius 1 is 1.58 bits per heavy atom. The zero-order valence-electron chi connectivity index (χ0n) is 7.14.